The van der Waals surface area contributed by atoms with E-state index in [1.807, 2.05) is 24.3 Å². The first-order valence-electron chi connectivity index (χ1n) is 7.79. The van der Waals surface area contributed by atoms with E-state index in [1.165, 1.54) is 0 Å². The van der Waals surface area contributed by atoms with Crippen molar-refractivity contribution in [2.24, 2.45) is 0 Å². The minimum absolute atomic E-state index is 0.0542. The molecule has 126 valence electrons. The Morgan fingerprint density at radius 3 is 2.91 bits per heavy atom. The number of aliphatic carboxylic acids is 1. The average Bonchev–Trinajstić information content (AvgIpc) is 2.52. The van der Waals surface area contributed by atoms with E-state index in [-0.39, 0.29) is 18.9 Å². The standard InChI is InChI=1S/C17H23NO5/c1-12(2)13-4-3-5-14(8-13)23-11-16(19)18-6-7-22-15(10-18)9-17(20)21/h3-5,8,12,15H,6-7,9-11H2,1-2H3,(H,20,21). The minimum atomic E-state index is -0.925. The molecule has 1 atom stereocenters. The molecular weight excluding hydrogens is 298 g/mol. The summed E-state index contributed by atoms with van der Waals surface area (Å²) >= 11 is 0. The number of ether oxygens (including phenoxy) is 2. The number of carboxylic acid groups (broad SMARTS) is 1. The Morgan fingerprint density at radius 1 is 1.43 bits per heavy atom. The molecule has 1 fully saturated rings. The number of amides is 1. The Bertz CT molecular complexity index is 558. The number of nitrogens with zero attached hydrogens (tertiary/aromatic N) is 1. The van der Waals surface area contributed by atoms with E-state index >= 15 is 0 Å². The predicted molar refractivity (Wildman–Crippen MR) is 84.6 cm³/mol. The summed E-state index contributed by atoms with van der Waals surface area (Å²) in [6.45, 7) is 5.25. The van der Waals surface area contributed by atoms with Crippen LogP contribution in [0.4, 0.5) is 0 Å². The van der Waals surface area contributed by atoms with Crippen molar-refractivity contribution in [3.8, 4) is 5.75 Å². The van der Waals surface area contributed by atoms with Crippen molar-refractivity contribution in [1.29, 1.82) is 0 Å². The van der Waals surface area contributed by atoms with E-state index in [4.69, 9.17) is 14.6 Å². The van der Waals surface area contributed by atoms with Crippen LogP contribution in [0, 0.1) is 0 Å². The molecule has 23 heavy (non-hydrogen) atoms. The van der Waals surface area contributed by atoms with Gasteiger partial charge in [0, 0.05) is 13.1 Å². The van der Waals surface area contributed by atoms with Gasteiger partial charge in [-0.3, -0.25) is 9.59 Å². The zero-order chi connectivity index (χ0) is 16.8. The first kappa shape index (κ1) is 17.3. The molecule has 0 radical (unpaired) electrons. The first-order chi connectivity index (χ1) is 11.0. The Morgan fingerprint density at radius 2 is 2.22 bits per heavy atom. The highest BCUT2D eigenvalue weighted by Crippen LogP contribution is 2.20. The molecule has 1 aliphatic rings. The van der Waals surface area contributed by atoms with Gasteiger partial charge >= 0.3 is 5.97 Å². The lowest BCUT2D eigenvalue weighted by Gasteiger charge is -2.32. The number of rotatable bonds is 6. The van der Waals surface area contributed by atoms with Gasteiger partial charge in [-0.15, -0.1) is 0 Å². The van der Waals surface area contributed by atoms with Crippen LogP contribution in [0.3, 0.4) is 0 Å². The van der Waals surface area contributed by atoms with Crippen LogP contribution in [0.25, 0.3) is 0 Å². The fraction of sp³-hybridized carbons (Fsp3) is 0.529. The van der Waals surface area contributed by atoms with Crippen molar-refractivity contribution in [2.75, 3.05) is 26.3 Å². The molecule has 1 aromatic rings. The molecule has 6 heteroatoms. The molecule has 1 heterocycles. The molecule has 0 spiro atoms. The molecule has 2 rings (SSSR count). The molecular formula is C17H23NO5. The Labute approximate surface area is 136 Å². The van der Waals surface area contributed by atoms with Crippen molar-refractivity contribution in [2.45, 2.75) is 32.3 Å². The van der Waals surface area contributed by atoms with Crippen molar-refractivity contribution in [3.05, 3.63) is 29.8 Å². The second-order valence-corrected chi connectivity index (χ2v) is 5.95. The Balaban J connectivity index is 1.86. The van der Waals surface area contributed by atoms with Crippen molar-refractivity contribution >= 4 is 11.9 Å². The maximum atomic E-state index is 12.2. The van der Waals surface area contributed by atoms with Crippen LogP contribution in [0.5, 0.6) is 5.75 Å². The predicted octanol–water partition coefficient (Wildman–Crippen LogP) is 1.89. The van der Waals surface area contributed by atoms with E-state index in [0.717, 1.165) is 5.56 Å². The topological polar surface area (TPSA) is 76.1 Å². The summed E-state index contributed by atoms with van der Waals surface area (Å²) in [7, 11) is 0. The van der Waals surface area contributed by atoms with Gasteiger partial charge in [0.15, 0.2) is 6.61 Å². The highest BCUT2D eigenvalue weighted by molar-refractivity contribution is 5.78. The highest BCUT2D eigenvalue weighted by atomic mass is 16.5. The molecule has 1 aliphatic heterocycles. The van der Waals surface area contributed by atoms with E-state index < -0.39 is 12.1 Å². The van der Waals surface area contributed by atoms with Gasteiger partial charge in [-0.1, -0.05) is 26.0 Å². The number of benzene rings is 1. The molecule has 0 saturated carbocycles. The molecule has 1 aromatic carbocycles. The van der Waals surface area contributed by atoms with E-state index in [0.29, 0.717) is 31.4 Å². The SMILES string of the molecule is CC(C)c1cccc(OCC(=O)N2CCOC(CC(=O)O)C2)c1. The number of hydrogen-bond acceptors (Lipinski definition) is 4. The fourth-order valence-corrected chi connectivity index (χ4v) is 2.46. The maximum absolute atomic E-state index is 12.2. The third-order valence-electron chi connectivity index (χ3n) is 3.78. The quantitative estimate of drug-likeness (QED) is 0.866. The fourth-order valence-electron chi connectivity index (χ4n) is 2.46. The molecule has 1 saturated heterocycles. The number of carbonyl (C=O) groups is 2. The van der Waals surface area contributed by atoms with Gasteiger partial charge in [-0.25, -0.2) is 0 Å². The van der Waals surface area contributed by atoms with Crippen LogP contribution >= 0.6 is 0 Å². The zero-order valence-corrected chi connectivity index (χ0v) is 13.5. The maximum Gasteiger partial charge on any atom is 0.306 e. The summed E-state index contributed by atoms with van der Waals surface area (Å²) < 4.78 is 10.9. The number of carbonyl (C=O) groups excluding carboxylic acids is 1. The Kier molecular flexibility index (Phi) is 5.98. The van der Waals surface area contributed by atoms with Crippen LogP contribution in [0.15, 0.2) is 24.3 Å². The molecule has 0 aromatic heterocycles. The van der Waals surface area contributed by atoms with Crippen molar-refractivity contribution in [1.82, 2.24) is 4.90 Å². The van der Waals surface area contributed by atoms with Crippen LogP contribution in [-0.2, 0) is 14.3 Å². The second kappa shape index (κ2) is 7.97. The van der Waals surface area contributed by atoms with E-state index in [9.17, 15) is 9.59 Å². The van der Waals surface area contributed by atoms with Gasteiger partial charge in [0.25, 0.3) is 5.91 Å². The third kappa shape index (κ3) is 5.25. The minimum Gasteiger partial charge on any atom is -0.484 e. The Hall–Kier alpha value is -2.08. The summed E-state index contributed by atoms with van der Waals surface area (Å²) in [5.41, 5.74) is 1.16. The summed E-state index contributed by atoms with van der Waals surface area (Å²) in [5.74, 6) is -0.0187. The summed E-state index contributed by atoms with van der Waals surface area (Å²) in [5, 5.41) is 8.81. The number of hydrogen-bond donors (Lipinski definition) is 1. The van der Waals surface area contributed by atoms with Crippen molar-refractivity contribution < 1.29 is 24.2 Å². The summed E-state index contributed by atoms with van der Waals surface area (Å²) in [4.78, 5) is 24.6. The zero-order valence-electron chi connectivity index (χ0n) is 13.5. The molecule has 0 bridgehead atoms. The van der Waals surface area contributed by atoms with Gasteiger partial charge < -0.3 is 19.5 Å². The molecule has 1 N–H and O–H groups in total. The monoisotopic (exact) mass is 321 g/mol. The van der Waals surface area contributed by atoms with Crippen LogP contribution < -0.4 is 4.74 Å². The largest absolute Gasteiger partial charge is 0.484 e. The first-order valence-corrected chi connectivity index (χ1v) is 7.79. The lowest BCUT2D eigenvalue weighted by Crippen LogP contribution is -2.47. The van der Waals surface area contributed by atoms with Crippen molar-refractivity contribution in [3.63, 3.8) is 0 Å². The third-order valence-corrected chi connectivity index (χ3v) is 3.78. The molecule has 0 aliphatic carbocycles. The van der Waals surface area contributed by atoms with Gasteiger partial charge in [-0.05, 0) is 23.6 Å². The smallest absolute Gasteiger partial charge is 0.306 e. The van der Waals surface area contributed by atoms with Gasteiger partial charge in [0.2, 0.25) is 0 Å². The number of carboxylic acids is 1. The molecule has 6 nitrogen and oxygen atoms in total. The highest BCUT2D eigenvalue weighted by Gasteiger charge is 2.26. The second-order valence-electron chi connectivity index (χ2n) is 5.95. The molecule has 1 amide bonds. The summed E-state index contributed by atoms with van der Waals surface area (Å²) in [6, 6.07) is 7.70. The van der Waals surface area contributed by atoms with E-state index in [2.05, 4.69) is 13.8 Å². The van der Waals surface area contributed by atoms with Crippen LogP contribution in [0.1, 0.15) is 31.7 Å². The van der Waals surface area contributed by atoms with Gasteiger partial charge in [-0.2, -0.15) is 0 Å². The average molecular weight is 321 g/mol. The van der Waals surface area contributed by atoms with Gasteiger partial charge in [0.1, 0.15) is 5.75 Å². The number of morpholine rings is 1. The lowest BCUT2D eigenvalue weighted by molar-refractivity contribution is -0.148. The molecule has 1 unspecified atom stereocenters. The summed E-state index contributed by atoms with van der Waals surface area (Å²) in [6.07, 6.45) is -0.546. The van der Waals surface area contributed by atoms with Crippen LogP contribution in [-0.4, -0.2) is 54.3 Å². The normalized spacial score (nSPS) is 18.0. The van der Waals surface area contributed by atoms with Gasteiger partial charge in [0.05, 0.1) is 19.1 Å². The lowest BCUT2D eigenvalue weighted by atomic mass is 10.0. The van der Waals surface area contributed by atoms with E-state index in [1.54, 1.807) is 4.90 Å². The van der Waals surface area contributed by atoms with Crippen LogP contribution in [0.2, 0.25) is 0 Å².